The number of fused-ring (bicyclic) bond motifs is 1. The SMILES string of the molecule is Cc1ccc(-n2nc(-c3cccnc3)c3c2NCC3)cc1C. The number of aryl methyl sites for hydroxylation is 2. The first-order valence-corrected chi connectivity index (χ1v) is 7.58. The molecule has 22 heavy (non-hydrogen) atoms. The molecule has 4 nitrogen and oxygen atoms in total. The molecular formula is C18H18N4. The Hall–Kier alpha value is -2.62. The Morgan fingerprint density at radius 3 is 2.82 bits per heavy atom. The highest BCUT2D eigenvalue weighted by Crippen LogP contribution is 2.34. The van der Waals surface area contributed by atoms with Gasteiger partial charge in [0, 0.05) is 30.1 Å². The zero-order valence-electron chi connectivity index (χ0n) is 12.8. The average Bonchev–Trinajstić information content (AvgIpc) is 3.13. The summed E-state index contributed by atoms with van der Waals surface area (Å²) in [6, 6.07) is 10.5. The maximum absolute atomic E-state index is 4.86. The average molecular weight is 290 g/mol. The zero-order valence-corrected chi connectivity index (χ0v) is 12.8. The molecule has 0 radical (unpaired) electrons. The summed E-state index contributed by atoms with van der Waals surface area (Å²) in [6.07, 6.45) is 4.68. The van der Waals surface area contributed by atoms with Crippen LogP contribution < -0.4 is 5.32 Å². The smallest absolute Gasteiger partial charge is 0.133 e. The molecular weight excluding hydrogens is 272 g/mol. The third-order valence-electron chi connectivity index (χ3n) is 4.32. The largest absolute Gasteiger partial charge is 0.369 e. The lowest BCUT2D eigenvalue weighted by atomic mass is 10.1. The Bertz CT molecular complexity index is 834. The summed E-state index contributed by atoms with van der Waals surface area (Å²) < 4.78 is 2.02. The first-order chi connectivity index (χ1) is 10.7. The Kier molecular flexibility index (Phi) is 2.96. The quantitative estimate of drug-likeness (QED) is 0.785. The molecule has 0 fully saturated rings. The zero-order chi connectivity index (χ0) is 15.1. The van der Waals surface area contributed by atoms with E-state index < -0.39 is 0 Å². The molecule has 0 spiro atoms. The summed E-state index contributed by atoms with van der Waals surface area (Å²) in [4.78, 5) is 4.22. The molecule has 3 heterocycles. The van der Waals surface area contributed by atoms with Gasteiger partial charge in [0.15, 0.2) is 0 Å². The van der Waals surface area contributed by atoms with E-state index in [0.29, 0.717) is 0 Å². The van der Waals surface area contributed by atoms with Crippen LogP contribution in [0.2, 0.25) is 0 Å². The summed E-state index contributed by atoms with van der Waals surface area (Å²) in [6.45, 7) is 5.23. The Morgan fingerprint density at radius 2 is 2.05 bits per heavy atom. The Balaban J connectivity index is 1.89. The molecule has 0 saturated heterocycles. The standard InChI is InChI=1S/C18H18N4/c1-12-5-6-15(10-13(12)2)22-18-16(7-9-20-18)17(21-22)14-4-3-8-19-11-14/h3-6,8,10-11,20H,7,9H2,1-2H3. The maximum Gasteiger partial charge on any atom is 0.133 e. The van der Waals surface area contributed by atoms with Crippen molar-refractivity contribution in [3.63, 3.8) is 0 Å². The normalized spacial score (nSPS) is 13.0. The molecule has 1 aromatic carbocycles. The van der Waals surface area contributed by atoms with Crippen LogP contribution in [0.5, 0.6) is 0 Å². The number of hydrogen-bond acceptors (Lipinski definition) is 3. The fourth-order valence-electron chi connectivity index (χ4n) is 2.95. The van der Waals surface area contributed by atoms with Crippen LogP contribution in [0.4, 0.5) is 5.82 Å². The van der Waals surface area contributed by atoms with E-state index in [-0.39, 0.29) is 0 Å². The fourth-order valence-corrected chi connectivity index (χ4v) is 2.95. The molecule has 0 bridgehead atoms. The van der Waals surface area contributed by atoms with Crippen LogP contribution in [0, 0.1) is 13.8 Å². The molecule has 0 saturated carbocycles. The van der Waals surface area contributed by atoms with Crippen molar-refractivity contribution in [2.45, 2.75) is 20.3 Å². The van der Waals surface area contributed by atoms with E-state index in [1.165, 1.54) is 16.7 Å². The molecule has 2 aromatic heterocycles. The summed E-state index contributed by atoms with van der Waals surface area (Å²) >= 11 is 0. The van der Waals surface area contributed by atoms with E-state index in [2.05, 4.69) is 48.4 Å². The number of benzene rings is 1. The molecule has 1 N–H and O–H groups in total. The summed E-state index contributed by atoms with van der Waals surface area (Å²) in [5.74, 6) is 1.11. The number of pyridine rings is 1. The van der Waals surface area contributed by atoms with Crippen molar-refractivity contribution in [3.8, 4) is 16.9 Å². The highest BCUT2D eigenvalue weighted by atomic mass is 15.3. The topological polar surface area (TPSA) is 42.7 Å². The van der Waals surface area contributed by atoms with Crippen LogP contribution in [0.3, 0.4) is 0 Å². The van der Waals surface area contributed by atoms with E-state index in [4.69, 9.17) is 5.10 Å². The molecule has 4 heteroatoms. The summed E-state index contributed by atoms with van der Waals surface area (Å²) in [5, 5.41) is 8.33. The van der Waals surface area contributed by atoms with Crippen LogP contribution in [0.1, 0.15) is 16.7 Å². The van der Waals surface area contributed by atoms with Crippen LogP contribution in [-0.4, -0.2) is 21.3 Å². The lowest BCUT2D eigenvalue weighted by Crippen LogP contribution is -2.04. The van der Waals surface area contributed by atoms with Gasteiger partial charge in [0.25, 0.3) is 0 Å². The van der Waals surface area contributed by atoms with Crippen LogP contribution in [-0.2, 0) is 6.42 Å². The van der Waals surface area contributed by atoms with E-state index in [9.17, 15) is 0 Å². The summed E-state index contributed by atoms with van der Waals surface area (Å²) in [5.41, 5.74) is 7.07. The number of nitrogens with zero attached hydrogens (tertiary/aromatic N) is 3. The highest BCUT2D eigenvalue weighted by Gasteiger charge is 2.23. The van der Waals surface area contributed by atoms with Gasteiger partial charge < -0.3 is 5.32 Å². The van der Waals surface area contributed by atoms with Gasteiger partial charge in [-0.15, -0.1) is 0 Å². The highest BCUT2D eigenvalue weighted by molar-refractivity contribution is 5.72. The minimum absolute atomic E-state index is 0.964. The van der Waals surface area contributed by atoms with Gasteiger partial charge in [-0.2, -0.15) is 5.10 Å². The second-order valence-corrected chi connectivity index (χ2v) is 5.77. The van der Waals surface area contributed by atoms with Gasteiger partial charge in [0.2, 0.25) is 0 Å². The molecule has 0 unspecified atom stereocenters. The van der Waals surface area contributed by atoms with Gasteiger partial charge in [-0.05, 0) is 55.7 Å². The van der Waals surface area contributed by atoms with Crippen molar-refractivity contribution in [1.82, 2.24) is 14.8 Å². The number of aromatic nitrogens is 3. The third kappa shape index (κ3) is 1.99. The van der Waals surface area contributed by atoms with E-state index >= 15 is 0 Å². The number of rotatable bonds is 2. The van der Waals surface area contributed by atoms with E-state index in [1.807, 2.05) is 16.9 Å². The molecule has 1 aliphatic rings. The fraction of sp³-hybridized carbons (Fsp3) is 0.222. The van der Waals surface area contributed by atoms with Gasteiger partial charge in [-0.25, -0.2) is 4.68 Å². The number of hydrogen-bond donors (Lipinski definition) is 1. The predicted octanol–water partition coefficient (Wildman–Crippen LogP) is 3.52. The molecule has 0 amide bonds. The van der Waals surface area contributed by atoms with Crippen LogP contribution in [0.25, 0.3) is 16.9 Å². The van der Waals surface area contributed by atoms with Crippen molar-refractivity contribution >= 4 is 5.82 Å². The maximum atomic E-state index is 4.86. The number of nitrogens with one attached hydrogen (secondary N) is 1. The molecule has 3 aromatic rings. The molecule has 0 atom stereocenters. The monoisotopic (exact) mass is 290 g/mol. The van der Waals surface area contributed by atoms with Crippen LogP contribution >= 0.6 is 0 Å². The van der Waals surface area contributed by atoms with Gasteiger partial charge in [-0.1, -0.05) is 6.07 Å². The summed E-state index contributed by atoms with van der Waals surface area (Å²) in [7, 11) is 0. The second-order valence-electron chi connectivity index (χ2n) is 5.77. The van der Waals surface area contributed by atoms with Gasteiger partial charge in [-0.3, -0.25) is 4.98 Å². The van der Waals surface area contributed by atoms with Crippen molar-refractivity contribution in [2.75, 3.05) is 11.9 Å². The molecule has 4 rings (SSSR count). The molecule has 1 aliphatic heterocycles. The minimum atomic E-state index is 0.964. The van der Waals surface area contributed by atoms with E-state index in [0.717, 1.165) is 35.7 Å². The van der Waals surface area contributed by atoms with Crippen LogP contribution in [0.15, 0.2) is 42.7 Å². The molecule has 110 valence electrons. The van der Waals surface area contributed by atoms with Crippen molar-refractivity contribution in [1.29, 1.82) is 0 Å². The first kappa shape index (κ1) is 13.1. The van der Waals surface area contributed by atoms with Gasteiger partial charge in [0.1, 0.15) is 5.82 Å². The number of anilines is 1. The third-order valence-corrected chi connectivity index (χ3v) is 4.32. The van der Waals surface area contributed by atoms with Crippen molar-refractivity contribution < 1.29 is 0 Å². The lowest BCUT2D eigenvalue weighted by molar-refractivity contribution is 0.880. The Labute approximate surface area is 129 Å². The van der Waals surface area contributed by atoms with Crippen molar-refractivity contribution in [2.24, 2.45) is 0 Å². The van der Waals surface area contributed by atoms with Crippen molar-refractivity contribution in [3.05, 3.63) is 59.4 Å². The second kappa shape index (κ2) is 4.98. The molecule has 0 aliphatic carbocycles. The van der Waals surface area contributed by atoms with E-state index in [1.54, 1.807) is 6.20 Å². The van der Waals surface area contributed by atoms with Gasteiger partial charge >= 0.3 is 0 Å². The predicted molar refractivity (Wildman–Crippen MR) is 88.5 cm³/mol. The lowest BCUT2D eigenvalue weighted by Gasteiger charge is -2.08. The Morgan fingerprint density at radius 1 is 1.14 bits per heavy atom. The first-order valence-electron chi connectivity index (χ1n) is 7.58. The van der Waals surface area contributed by atoms with Gasteiger partial charge in [0.05, 0.1) is 11.4 Å². The minimum Gasteiger partial charge on any atom is -0.369 e.